The van der Waals surface area contributed by atoms with Gasteiger partial charge in [-0.1, -0.05) is 34.1 Å². The highest BCUT2D eigenvalue weighted by Gasteiger charge is 2.18. The first-order valence-electron chi connectivity index (χ1n) is 6.00. The van der Waals surface area contributed by atoms with Crippen LogP contribution in [-0.2, 0) is 4.79 Å². The summed E-state index contributed by atoms with van der Waals surface area (Å²) in [5, 5.41) is 9.85. The van der Waals surface area contributed by atoms with Gasteiger partial charge in [-0.25, -0.2) is 0 Å². The Kier molecular flexibility index (Phi) is 7.10. The Morgan fingerprint density at radius 1 is 1.27 bits per heavy atom. The molecule has 0 aliphatic heterocycles. The van der Waals surface area contributed by atoms with Gasteiger partial charge in [0.1, 0.15) is 0 Å². The van der Waals surface area contributed by atoms with Gasteiger partial charge in [0.2, 0.25) is 0 Å². The van der Waals surface area contributed by atoms with E-state index in [0.717, 1.165) is 19.3 Å². The maximum absolute atomic E-state index is 11.3. The highest BCUT2D eigenvalue weighted by Crippen LogP contribution is 2.24. The van der Waals surface area contributed by atoms with E-state index >= 15 is 0 Å². The fourth-order valence-corrected chi connectivity index (χ4v) is 1.78. The van der Waals surface area contributed by atoms with Crippen LogP contribution in [0, 0.1) is 11.8 Å². The molecule has 0 spiro atoms. The van der Waals surface area contributed by atoms with Crippen molar-refractivity contribution in [2.24, 2.45) is 11.8 Å². The highest BCUT2D eigenvalue weighted by molar-refractivity contribution is 5.89. The molecule has 15 heavy (non-hydrogen) atoms. The summed E-state index contributed by atoms with van der Waals surface area (Å²) in [6.45, 7) is 8.23. The number of carbonyl (C=O) groups excluding carboxylic acids is 1. The third kappa shape index (κ3) is 5.01. The molecule has 0 fully saturated rings. The molecule has 2 heteroatoms. The molecule has 1 N–H and O–H groups in total. The molecule has 0 aromatic rings. The van der Waals surface area contributed by atoms with Crippen molar-refractivity contribution >= 4 is 5.78 Å². The van der Waals surface area contributed by atoms with Crippen LogP contribution in [0.5, 0.6) is 0 Å². The standard InChI is InChI=1S/C13H24O2/c1-5-8-11(14)9-13(15)12(7-3)10(4)6-2/h9-10,12,15H,5-8H2,1-4H3. The molecule has 0 radical (unpaired) electrons. The molecule has 0 aliphatic carbocycles. The summed E-state index contributed by atoms with van der Waals surface area (Å²) in [6, 6.07) is 0. The first-order valence-corrected chi connectivity index (χ1v) is 6.00. The largest absolute Gasteiger partial charge is 0.512 e. The van der Waals surface area contributed by atoms with E-state index in [4.69, 9.17) is 0 Å². The van der Waals surface area contributed by atoms with Crippen molar-refractivity contribution in [2.45, 2.75) is 53.4 Å². The molecule has 0 amide bonds. The Labute approximate surface area is 93.4 Å². The number of hydrogen-bond acceptors (Lipinski definition) is 2. The normalized spacial score (nSPS) is 16.1. The lowest BCUT2D eigenvalue weighted by molar-refractivity contribution is -0.114. The Bertz CT molecular complexity index is 219. The van der Waals surface area contributed by atoms with Crippen LogP contribution in [0.15, 0.2) is 11.8 Å². The SMILES string of the molecule is CCCC(=O)C=C(O)C(CC)C(C)CC. The monoisotopic (exact) mass is 212 g/mol. The number of hydrogen-bond donors (Lipinski definition) is 1. The van der Waals surface area contributed by atoms with Crippen LogP contribution in [0.2, 0.25) is 0 Å². The zero-order valence-corrected chi connectivity index (χ0v) is 10.4. The maximum Gasteiger partial charge on any atom is 0.159 e. The highest BCUT2D eigenvalue weighted by atomic mass is 16.3. The number of carbonyl (C=O) groups is 1. The van der Waals surface area contributed by atoms with Gasteiger partial charge in [-0.05, 0) is 18.8 Å². The van der Waals surface area contributed by atoms with Gasteiger partial charge in [0, 0.05) is 18.4 Å². The molecule has 0 heterocycles. The van der Waals surface area contributed by atoms with E-state index in [9.17, 15) is 9.90 Å². The van der Waals surface area contributed by atoms with Crippen LogP contribution in [0.25, 0.3) is 0 Å². The minimum atomic E-state index is 0.0387. The van der Waals surface area contributed by atoms with E-state index in [2.05, 4.69) is 13.8 Å². The summed E-state index contributed by atoms with van der Waals surface area (Å²) in [5.74, 6) is 0.874. The topological polar surface area (TPSA) is 37.3 Å². The maximum atomic E-state index is 11.3. The van der Waals surface area contributed by atoms with E-state index in [1.54, 1.807) is 0 Å². The van der Waals surface area contributed by atoms with E-state index in [1.807, 2.05) is 13.8 Å². The molecule has 0 saturated heterocycles. The fraction of sp³-hybridized carbons (Fsp3) is 0.769. The van der Waals surface area contributed by atoms with Gasteiger partial charge in [0.05, 0.1) is 5.76 Å². The first kappa shape index (κ1) is 14.2. The Morgan fingerprint density at radius 3 is 2.27 bits per heavy atom. The summed E-state index contributed by atoms with van der Waals surface area (Å²) in [7, 11) is 0. The van der Waals surface area contributed by atoms with Gasteiger partial charge < -0.3 is 5.11 Å². The van der Waals surface area contributed by atoms with Gasteiger partial charge >= 0.3 is 0 Å². The second kappa shape index (κ2) is 7.49. The fourth-order valence-electron chi connectivity index (χ4n) is 1.78. The van der Waals surface area contributed by atoms with Gasteiger partial charge in [-0.2, -0.15) is 0 Å². The minimum absolute atomic E-state index is 0.0387. The second-order valence-electron chi connectivity index (χ2n) is 4.19. The summed E-state index contributed by atoms with van der Waals surface area (Å²) in [6.07, 6.45) is 4.70. The summed E-state index contributed by atoms with van der Waals surface area (Å²) < 4.78 is 0. The molecular weight excluding hydrogens is 188 g/mol. The van der Waals surface area contributed by atoms with Gasteiger partial charge in [-0.3, -0.25) is 4.79 Å². The number of allylic oxidation sites excluding steroid dienone is 2. The van der Waals surface area contributed by atoms with Crippen molar-refractivity contribution in [2.75, 3.05) is 0 Å². The molecule has 0 saturated carbocycles. The van der Waals surface area contributed by atoms with Crippen LogP contribution >= 0.6 is 0 Å². The van der Waals surface area contributed by atoms with Gasteiger partial charge in [0.25, 0.3) is 0 Å². The molecule has 0 aromatic carbocycles. The average Bonchev–Trinajstić information content (AvgIpc) is 2.18. The van der Waals surface area contributed by atoms with Gasteiger partial charge in [0.15, 0.2) is 5.78 Å². The number of aliphatic hydroxyl groups is 1. The van der Waals surface area contributed by atoms with Crippen molar-refractivity contribution in [3.63, 3.8) is 0 Å². The van der Waals surface area contributed by atoms with E-state index in [-0.39, 0.29) is 17.5 Å². The second-order valence-corrected chi connectivity index (χ2v) is 4.19. The lowest BCUT2D eigenvalue weighted by Crippen LogP contribution is -2.14. The zero-order valence-electron chi connectivity index (χ0n) is 10.4. The first-order chi connectivity index (χ1) is 7.06. The third-order valence-corrected chi connectivity index (χ3v) is 2.96. The van der Waals surface area contributed by atoms with Crippen molar-refractivity contribution in [3.05, 3.63) is 11.8 Å². The Hall–Kier alpha value is -0.790. The average molecular weight is 212 g/mol. The quantitative estimate of drug-likeness (QED) is 0.514. The molecule has 2 atom stereocenters. The zero-order chi connectivity index (χ0) is 11.8. The van der Waals surface area contributed by atoms with Crippen LogP contribution in [-0.4, -0.2) is 10.9 Å². The van der Waals surface area contributed by atoms with Crippen LogP contribution in [0.3, 0.4) is 0 Å². The van der Waals surface area contributed by atoms with Crippen LogP contribution in [0.1, 0.15) is 53.4 Å². The minimum Gasteiger partial charge on any atom is -0.512 e. The van der Waals surface area contributed by atoms with E-state index < -0.39 is 0 Å². The Morgan fingerprint density at radius 2 is 1.87 bits per heavy atom. The molecular formula is C13H24O2. The van der Waals surface area contributed by atoms with Crippen LogP contribution in [0.4, 0.5) is 0 Å². The molecule has 88 valence electrons. The summed E-state index contributed by atoms with van der Waals surface area (Å²) in [5.41, 5.74) is 0. The molecule has 0 rings (SSSR count). The predicted molar refractivity (Wildman–Crippen MR) is 63.9 cm³/mol. The molecule has 0 aromatic heterocycles. The van der Waals surface area contributed by atoms with E-state index in [0.29, 0.717) is 12.3 Å². The number of aliphatic hydroxyl groups excluding tert-OH is 1. The molecule has 2 nitrogen and oxygen atoms in total. The van der Waals surface area contributed by atoms with Crippen molar-refractivity contribution in [1.29, 1.82) is 0 Å². The third-order valence-electron chi connectivity index (χ3n) is 2.96. The molecule has 0 bridgehead atoms. The number of ketones is 1. The number of rotatable bonds is 7. The van der Waals surface area contributed by atoms with Crippen LogP contribution < -0.4 is 0 Å². The summed E-state index contributed by atoms with van der Waals surface area (Å²) in [4.78, 5) is 11.3. The molecule has 2 unspecified atom stereocenters. The lowest BCUT2D eigenvalue weighted by Gasteiger charge is -2.20. The summed E-state index contributed by atoms with van der Waals surface area (Å²) >= 11 is 0. The van der Waals surface area contributed by atoms with E-state index in [1.165, 1.54) is 6.08 Å². The molecule has 0 aliphatic rings. The van der Waals surface area contributed by atoms with Crippen molar-refractivity contribution < 1.29 is 9.90 Å². The predicted octanol–water partition coefficient (Wildman–Crippen LogP) is 3.87. The van der Waals surface area contributed by atoms with Crippen molar-refractivity contribution in [3.8, 4) is 0 Å². The smallest absolute Gasteiger partial charge is 0.159 e. The van der Waals surface area contributed by atoms with Crippen molar-refractivity contribution in [1.82, 2.24) is 0 Å². The lowest BCUT2D eigenvalue weighted by atomic mass is 9.87. The Balaban J connectivity index is 4.49. The van der Waals surface area contributed by atoms with Gasteiger partial charge in [-0.15, -0.1) is 0 Å².